The van der Waals surface area contributed by atoms with Crippen LogP contribution in [0.15, 0.2) is 55.6 Å². The highest BCUT2D eigenvalue weighted by molar-refractivity contribution is 5.81. The van der Waals surface area contributed by atoms with Crippen LogP contribution in [0.3, 0.4) is 0 Å². The van der Waals surface area contributed by atoms with E-state index in [1.54, 1.807) is 0 Å². The predicted octanol–water partition coefficient (Wildman–Crippen LogP) is 4.85. The van der Waals surface area contributed by atoms with Crippen LogP contribution in [0.2, 0.25) is 0 Å². The summed E-state index contributed by atoms with van der Waals surface area (Å²) in [5.74, 6) is 0.0496. The molecule has 0 heterocycles. The lowest BCUT2D eigenvalue weighted by Gasteiger charge is -2.38. The molecule has 4 nitrogen and oxygen atoms in total. The molecule has 1 aromatic rings. The number of carbonyl (C=O) groups excluding carboxylic acids is 2. The molecular formula is C23H30O4. The van der Waals surface area contributed by atoms with Gasteiger partial charge in [0.25, 0.3) is 0 Å². The predicted molar refractivity (Wildman–Crippen MR) is 106 cm³/mol. The van der Waals surface area contributed by atoms with E-state index in [4.69, 9.17) is 9.47 Å². The normalized spacial score (nSPS) is 27.1. The lowest BCUT2D eigenvalue weighted by atomic mass is 9.70. The Morgan fingerprint density at radius 2 is 1.74 bits per heavy atom. The molecular weight excluding hydrogens is 340 g/mol. The van der Waals surface area contributed by atoms with E-state index in [0.717, 1.165) is 18.1 Å². The number of benzene rings is 1. The third kappa shape index (κ3) is 4.49. The maximum absolute atomic E-state index is 11.3. The van der Waals surface area contributed by atoms with E-state index in [0.29, 0.717) is 17.9 Å². The largest absolute Gasteiger partial charge is 0.459 e. The van der Waals surface area contributed by atoms with E-state index < -0.39 is 0 Å². The Hall–Kier alpha value is -2.36. The van der Waals surface area contributed by atoms with Gasteiger partial charge in [-0.2, -0.15) is 0 Å². The summed E-state index contributed by atoms with van der Waals surface area (Å²) >= 11 is 0. The molecule has 0 amide bonds. The lowest BCUT2D eigenvalue weighted by molar-refractivity contribution is -0.150. The van der Waals surface area contributed by atoms with Crippen molar-refractivity contribution in [3.8, 4) is 0 Å². The van der Waals surface area contributed by atoms with Crippen LogP contribution in [0.4, 0.5) is 0 Å². The van der Waals surface area contributed by atoms with Gasteiger partial charge in [0, 0.05) is 17.6 Å². The molecule has 4 heteroatoms. The van der Waals surface area contributed by atoms with Gasteiger partial charge >= 0.3 is 11.9 Å². The standard InChI is InChI=1S/C13H20O2.C10H10O2/c1-5-11(14)15-10-8-9-6-7-13(10,4)12(9,2)3;1-2-10(11)12-8-9-6-4-3-5-7-9/h5,9-10H,1,6-8H2,2-4H3;2-7H,1,8H2/t9-,10-,13+;/m0./s1. The molecule has 3 rings (SSSR count). The molecule has 3 atom stereocenters. The van der Waals surface area contributed by atoms with Crippen LogP contribution in [0.1, 0.15) is 45.6 Å². The monoisotopic (exact) mass is 370 g/mol. The molecule has 2 aliphatic rings. The Labute approximate surface area is 162 Å². The molecule has 0 saturated heterocycles. The highest BCUT2D eigenvalue weighted by atomic mass is 16.5. The summed E-state index contributed by atoms with van der Waals surface area (Å²) in [6.45, 7) is 13.9. The summed E-state index contributed by atoms with van der Waals surface area (Å²) in [5, 5.41) is 0. The van der Waals surface area contributed by atoms with E-state index in [2.05, 4.69) is 33.9 Å². The highest BCUT2D eigenvalue weighted by Crippen LogP contribution is 2.66. The fraction of sp³-hybridized carbons (Fsp3) is 0.478. The van der Waals surface area contributed by atoms with Crippen molar-refractivity contribution in [1.82, 2.24) is 0 Å². The first-order chi connectivity index (χ1) is 12.7. The minimum atomic E-state index is -0.390. The third-order valence-corrected chi connectivity index (χ3v) is 6.53. The van der Waals surface area contributed by atoms with E-state index in [1.807, 2.05) is 30.3 Å². The lowest BCUT2D eigenvalue weighted by Crippen LogP contribution is -2.38. The van der Waals surface area contributed by atoms with Crippen LogP contribution in [0.25, 0.3) is 0 Å². The van der Waals surface area contributed by atoms with Crippen LogP contribution in [-0.4, -0.2) is 18.0 Å². The molecule has 2 fully saturated rings. The number of carbonyl (C=O) groups is 2. The summed E-state index contributed by atoms with van der Waals surface area (Å²) in [6.07, 6.45) is 6.01. The van der Waals surface area contributed by atoms with Gasteiger partial charge in [0.1, 0.15) is 12.7 Å². The summed E-state index contributed by atoms with van der Waals surface area (Å²) < 4.78 is 10.3. The number of hydrogen-bond acceptors (Lipinski definition) is 4. The maximum Gasteiger partial charge on any atom is 0.330 e. The summed E-state index contributed by atoms with van der Waals surface area (Å²) in [6, 6.07) is 9.51. The van der Waals surface area contributed by atoms with Gasteiger partial charge < -0.3 is 9.47 Å². The van der Waals surface area contributed by atoms with Gasteiger partial charge in [0.15, 0.2) is 0 Å². The van der Waals surface area contributed by atoms with Gasteiger partial charge in [-0.15, -0.1) is 0 Å². The van der Waals surface area contributed by atoms with E-state index in [-0.39, 0.29) is 23.5 Å². The van der Waals surface area contributed by atoms with E-state index in [1.165, 1.54) is 18.9 Å². The molecule has 0 unspecified atom stereocenters. The van der Waals surface area contributed by atoms with Gasteiger partial charge in [-0.3, -0.25) is 0 Å². The van der Waals surface area contributed by atoms with Crippen molar-refractivity contribution in [2.45, 2.75) is 52.7 Å². The van der Waals surface area contributed by atoms with Crippen LogP contribution >= 0.6 is 0 Å². The molecule has 0 spiro atoms. The van der Waals surface area contributed by atoms with Crippen molar-refractivity contribution in [1.29, 1.82) is 0 Å². The molecule has 0 radical (unpaired) electrons. The van der Waals surface area contributed by atoms with Crippen molar-refractivity contribution in [2.24, 2.45) is 16.7 Å². The van der Waals surface area contributed by atoms with Gasteiger partial charge in [0.05, 0.1) is 0 Å². The van der Waals surface area contributed by atoms with Crippen LogP contribution in [0, 0.1) is 16.7 Å². The van der Waals surface area contributed by atoms with Crippen molar-refractivity contribution >= 4 is 11.9 Å². The Bertz CT molecular complexity index is 692. The molecule has 2 bridgehead atoms. The fourth-order valence-corrected chi connectivity index (χ4v) is 4.28. The van der Waals surface area contributed by atoms with Crippen molar-refractivity contribution in [3.63, 3.8) is 0 Å². The maximum atomic E-state index is 11.3. The molecule has 0 aromatic heterocycles. The minimum Gasteiger partial charge on any atom is -0.459 e. The zero-order valence-corrected chi connectivity index (χ0v) is 16.6. The zero-order valence-electron chi connectivity index (χ0n) is 16.6. The molecule has 2 aliphatic carbocycles. The van der Waals surface area contributed by atoms with Gasteiger partial charge in [0.2, 0.25) is 0 Å². The second kappa shape index (κ2) is 8.55. The van der Waals surface area contributed by atoms with Crippen LogP contribution in [0.5, 0.6) is 0 Å². The number of hydrogen-bond donors (Lipinski definition) is 0. The highest BCUT2D eigenvalue weighted by Gasteiger charge is 2.62. The molecule has 0 N–H and O–H groups in total. The Morgan fingerprint density at radius 3 is 2.22 bits per heavy atom. The fourth-order valence-electron chi connectivity index (χ4n) is 4.28. The topological polar surface area (TPSA) is 52.6 Å². The van der Waals surface area contributed by atoms with Crippen molar-refractivity contribution in [2.75, 3.05) is 0 Å². The quantitative estimate of drug-likeness (QED) is 0.549. The Kier molecular flexibility index (Phi) is 6.63. The average Bonchev–Trinajstić information content (AvgIpc) is 3.00. The second-order valence-corrected chi connectivity index (χ2v) is 8.04. The molecule has 2 saturated carbocycles. The summed E-state index contributed by atoms with van der Waals surface area (Å²) in [5.41, 5.74) is 1.45. The number of fused-ring (bicyclic) bond motifs is 2. The smallest absolute Gasteiger partial charge is 0.330 e. The Morgan fingerprint density at radius 1 is 1.11 bits per heavy atom. The SMILES string of the molecule is C=CC(=O)OCc1ccccc1.C=CC(=O)O[C@H]1C[C@@H]2CC[C@@]1(C)C2(C)C. The van der Waals surface area contributed by atoms with Crippen molar-refractivity contribution in [3.05, 3.63) is 61.2 Å². The second-order valence-electron chi connectivity index (χ2n) is 8.04. The van der Waals surface area contributed by atoms with E-state index in [9.17, 15) is 9.59 Å². The molecule has 27 heavy (non-hydrogen) atoms. The Balaban J connectivity index is 0.000000199. The van der Waals surface area contributed by atoms with Crippen LogP contribution in [-0.2, 0) is 25.7 Å². The summed E-state index contributed by atoms with van der Waals surface area (Å²) in [7, 11) is 0. The first kappa shape index (κ1) is 20.9. The summed E-state index contributed by atoms with van der Waals surface area (Å²) in [4.78, 5) is 21.9. The number of ether oxygens (including phenoxy) is 2. The van der Waals surface area contributed by atoms with Gasteiger partial charge in [-0.1, -0.05) is 64.3 Å². The number of rotatable bonds is 5. The molecule has 146 valence electrons. The zero-order chi connectivity index (χ0) is 20.1. The van der Waals surface area contributed by atoms with Crippen molar-refractivity contribution < 1.29 is 19.1 Å². The van der Waals surface area contributed by atoms with Crippen LogP contribution < -0.4 is 0 Å². The third-order valence-electron chi connectivity index (χ3n) is 6.53. The first-order valence-corrected chi connectivity index (χ1v) is 9.40. The minimum absolute atomic E-state index is 0.0942. The van der Waals surface area contributed by atoms with Gasteiger partial charge in [-0.25, -0.2) is 9.59 Å². The van der Waals surface area contributed by atoms with Gasteiger partial charge in [-0.05, 0) is 36.2 Å². The molecule has 0 aliphatic heterocycles. The molecule has 1 aromatic carbocycles. The number of esters is 2. The first-order valence-electron chi connectivity index (χ1n) is 9.40. The average molecular weight is 370 g/mol. The van der Waals surface area contributed by atoms with E-state index >= 15 is 0 Å².